The molecule has 1 atom stereocenters. The first-order valence-electron chi connectivity index (χ1n) is 8.19. The summed E-state index contributed by atoms with van der Waals surface area (Å²) in [5.41, 5.74) is 6.20. The van der Waals surface area contributed by atoms with Gasteiger partial charge in [0.2, 0.25) is 5.91 Å². The van der Waals surface area contributed by atoms with Gasteiger partial charge in [-0.25, -0.2) is 0 Å². The molecule has 0 heterocycles. The summed E-state index contributed by atoms with van der Waals surface area (Å²) in [4.78, 5) is 23.2. The third kappa shape index (κ3) is 5.06. The van der Waals surface area contributed by atoms with Gasteiger partial charge in [0.1, 0.15) is 5.75 Å². The lowest BCUT2D eigenvalue weighted by molar-refractivity contribution is -0.123. The van der Waals surface area contributed by atoms with Crippen LogP contribution in [0.2, 0.25) is 0 Å². The number of benzene rings is 1. The Morgan fingerprint density at radius 1 is 1.30 bits per heavy atom. The van der Waals surface area contributed by atoms with Crippen LogP contribution in [0.1, 0.15) is 49.9 Å². The summed E-state index contributed by atoms with van der Waals surface area (Å²) in [6, 6.07) is 7.03. The van der Waals surface area contributed by atoms with Gasteiger partial charge in [-0.2, -0.15) is 0 Å². The predicted octanol–water partition coefficient (Wildman–Crippen LogP) is 2.29. The number of nitrogens with two attached hydrogens (primary N) is 1. The van der Waals surface area contributed by atoms with Gasteiger partial charge in [0, 0.05) is 18.5 Å². The van der Waals surface area contributed by atoms with Gasteiger partial charge in [0.05, 0.1) is 12.1 Å². The molecule has 0 spiro atoms. The minimum Gasteiger partial charge on any atom is -0.494 e. The first-order chi connectivity index (χ1) is 10.9. The average molecular weight is 318 g/mol. The Morgan fingerprint density at radius 3 is 2.48 bits per heavy atom. The minimum atomic E-state index is -0.263. The van der Waals surface area contributed by atoms with Crippen LogP contribution in [0.3, 0.4) is 0 Å². The van der Waals surface area contributed by atoms with E-state index in [0.29, 0.717) is 43.2 Å². The normalized spacial score (nSPS) is 16.5. The van der Waals surface area contributed by atoms with Crippen LogP contribution in [0.25, 0.3) is 0 Å². The topological polar surface area (TPSA) is 81.4 Å². The molecule has 5 nitrogen and oxygen atoms in total. The summed E-state index contributed by atoms with van der Waals surface area (Å²) in [5.74, 6) is 1.29. The van der Waals surface area contributed by atoms with Crippen LogP contribution in [-0.2, 0) is 4.79 Å². The van der Waals surface area contributed by atoms with Crippen molar-refractivity contribution in [1.82, 2.24) is 5.32 Å². The Balaban J connectivity index is 1.68. The van der Waals surface area contributed by atoms with Gasteiger partial charge in [-0.1, -0.05) is 0 Å². The minimum absolute atomic E-state index is 0.0281. The number of amides is 1. The van der Waals surface area contributed by atoms with Crippen LogP contribution in [0.5, 0.6) is 5.75 Å². The van der Waals surface area contributed by atoms with Crippen molar-refractivity contribution in [3.05, 3.63) is 29.8 Å². The first-order valence-corrected chi connectivity index (χ1v) is 8.19. The first kappa shape index (κ1) is 17.5. The van der Waals surface area contributed by atoms with Crippen LogP contribution in [-0.4, -0.2) is 30.4 Å². The maximum absolute atomic E-state index is 12.0. The van der Waals surface area contributed by atoms with E-state index < -0.39 is 0 Å². The summed E-state index contributed by atoms with van der Waals surface area (Å²) >= 11 is 0. The lowest BCUT2D eigenvalue weighted by Gasteiger charge is -2.29. The fourth-order valence-corrected chi connectivity index (χ4v) is 2.63. The number of ether oxygens (including phenoxy) is 1. The zero-order valence-corrected chi connectivity index (χ0v) is 13.9. The van der Waals surface area contributed by atoms with E-state index in [1.807, 2.05) is 6.92 Å². The monoisotopic (exact) mass is 318 g/mol. The molecular formula is C18H26N2O3. The van der Waals surface area contributed by atoms with Crippen molar-refractivity contribution in [3.8, 4) is 5.75 Å². The van der Waals surface area contributed by atoms with Crippen molar-refractivity contribution in [2.45, 2.75) is 45.1 Å². The molecule has 126 valence electrons. The van der Waals surface area contributed by atoms with Crippen molar-refractivity contribution < 1.29 is 14.3 Å². The third-order valence-corrected chi connectivity index (χ3v) is 4.41. The highest BCUT2D eigenvalue weighted by molar-refractivity contribution is 5.94. The smallest absolute Gasteiger partial charge is 0.220 e. The van der Waals surface area contributed by atoms with Crippen molar-refractivity contribution in [3.63, 3.8) is 0 Å². The fourth-order valence-electron chi connectivity index (χ4n) is 2.63. The second-order valence-corrected chi connectivity index (χ2v) is 6.48. The summed E-state index contributed by atoms with van der Waals surface area (Å²) < 4.78 is 5.59. The van der Waals surface area contributed by atoms with Gasteiger partial charge in [-0.3, -0.25) is 9.59 Å². The molecule has 0 bridgehead atoms. The molecule has 1 aliphatic rings. The van der Waals surface area contributed by atoms with E-state index in [2.05, 4.69) is 5.32 Å². The molecule has 3 N–H and O–H groups in total. The van der Waals surface area contributed by atoms with Crippen molar-refractivity contribution >= 4 is 11.7 Å². The number of Topliss-reactive ketones (excluding diaryl/α,β-unsaturated/α-hetero) is 1. The molecule has 0 radical (unpaired) electrons. The van der Waals surface area contributed by atoms with Crippen molar-refractivity contribution in [2.75, 3.05) is 13.2 Å². The Morgan fingerprint density at radius 2 is 1.96 bits per heavy atom. The van der Waals surface area contributed by atoms with Gasteiger partial charge in [-0.15, -0.1) is 0 Å². The highest BCUT2D eigenvalue weighted by Gasteiger charge is 2.41. The van der Waals surface area contributed by atoms with Crippen molar-refractivity contribution in [2.24, 2.45) is 11.7 Å². The number of carbonyl (C=O) groups excluding carboxylic acids is 2. The van der Waals surface area contributed by atoms with E-state index in [4.69, 9.17) is 10.5 Å². The Hall–Kier alpha value is -1.88. The molecule has 0 aromatic heterocycles. The molecule has 1 saturated carbocycles. The Kier molecular flexibility index (Phi) is 5.77. The van der Waals surface area contributed by atoms with E-state index in [9.17, 15) is 9.59 Å². The number of nitrogens with one attached hydrogen (secondary N) is 1. The van der Waals surface area contributed by atoms with Crippen LogP contribution in [0.15, 0.2) is 24.3 Å². The van der Waals surface area contributed by atoms with Gasteiger partial charge in [-0.05, 0) is 63.3 Å². The molecule has 5 heteroatoms. The zero-order chi connectivity index (χ0) is 16.9. The highest BCUT2D eigenvalue weighted by Crippen LogP contribution is 2.38. The predicted molar refractivity (Wildman–Crippen MR) is 89.5 cm³/mol. The van der Waals surface area contributed by atoms with E-state index >= 15 is 0 Å². The number of carbonyl (C=O) groups is 2. The molecule has 1 unspecified atom stereocenters. The zero-order valence-electron chi connectivity index (χ0n) is 13.9. The summed E-state index contributed by atoms with van der Waals surface area (Å²) in [7, 11) is 0. The van der Waals surface area contributed by atoms with E-state index in [1.54, 1.807) is 24.3 Å². The van der Waals surface area contributed by atoms with Crippen LogP contribution < -0.4 is 15.8 Å². The van der Waals surface area contributed by atoms with Gasteiger partial charge in [0.25, 0.3) is 0 Å². The summed E-state index contributed by atoms with van der Waals surface area (Å²) in [6.07, 6.45) is 3.36. The number of rotatable bonds is 9. The second kappa shape index (κ2) is 7.59. The van der Waals surface area contributed by atoms with Crippen molar-refractivity contribution in [1.29, 1.82) is 0 Å². The SMILES string of the molecule is CC(=O)c1ccc(OCCCC(=O)NC(C)(CN)C2CC2)cc1. The second-order valence-electron chi connectivity index (χ2n) is 6.48. The summed E-state index contributed by atoms with van der Waals surface area (Å²) in [6.45, 7) is 4.50. The van der Waals surface area contributed by atoms with Gasteiger partial charge in [0.15, 0.2) is 5.78 Å². The van der Waals surface area contributed by atoms with Gasteiger partial charge >= 0.3 is 0 Å². The molecule has 1 aromatic carbocycles. The maximum atomic E-state index is 12.0. The van der Waals surface area contributed by atoms with Gasteiger partial charge < -0.3 is 15.8 Å². The summed E-state index contributed by atoms with van der Waals surface area (Å²) in [5, 5.41) is 3.07. The number of ketones is 1. The molecule has 0 saturated heterocycles. The lowest BCUT2D eigenvalue weighted by atomic mass is 9.95. The molecule has 2 rings (SSSR count). The van der Waals surface area contributed by atoms with Crippen LogP contribution >= 0.6 is 0 Å². The van der Waals surface area contributed by atoms with Crippen LogP contribution in [0.4, 0.5) is 0 Å². The fraction of sp³-hybridized carbons (Fsp3) is 0.556. The van der Waals surface area contributed by atoms with E-state index in [0.717, 1.165) is 12.8 Å². The molecule has 0 aliphatic heterocycles. The average Bonchev–Trinajstić information content (AvgIpc) is 3.37. The number of hydrogen-bond acceptors (Lipinski definition) is 4. The standard InChI is InChI=1S/C18H26N2O3/c1-13(21)14-5-9-16(10-6-14)23-11-3-4-17(22)20-18(2,12-19)15-7-8-15/h5-6,9-10,15H,3-4,7-8,11-12,19H2,1-2H3,(H,20,22). The highest BCUT2D eigenvalue weighted by atomic mass is 16.5. The molecule has 1 fully saturated rings. The molecule has 1 aliphatic carbocycles. The lowest BCUT2D eigenvalue weighted by Crippen LogP contribution is -2.53. The molecule has 1 amide bonds. The maximum Gasteiger partial charge on any atom is 0.220 e. The van der Waals surface area contributed by atoms with Crippen LogP contribution in [0, 0.1) is 5.92 Å². The third-order valence-electron chi connectivity index (χ3n) is 4.41. The Labute approximate surface area is 137 Å². The van der Waals surface area contributed by atoms with E-state index in [-0.39, 0.29) is 17.2 Å². The molecular weight excluding hydrogens is 292 g/mol. The van der Waals surface area contributed by atoms with E-state index in [1.165, 1.54) is 6.92 Å². The quantitative estimate of drug-likeness (QED) is 0.541. The Bertz CT molecular complexity index is 552. The largest absolute Gasteiger partial charge is 0.494 e. The molecule has 23 heavy (non-hydrogen) atoms. The number of hydrogen-bond donors (Lipinski definition) is 2. The molecule has 1 aromatic rings.